The van der Waals surface area contributed by atoms with E-state index in [1.165, 1.54) is 12.0 Å². The number of para-hydroxylation sites is 2. The fourth-order valence-corrected chi connectivity index (χ4v) is 3.49. The standard InChI is InChI=1S/C21H21N3O/c25-21(22-15-9-3-1-4-10-15)24-20-16-11-5-2-6-13-18(16)23-19-14-8-7-12-17(19)20/h1,3-4,7-10,12,14H,2,5-6,11,13H2,(H2,22,23,24,25). The second kappa shape index (κ2) is 6.93. The van der Waals surface area contributed by atoms with E-state index in [9.17, 15) is 4.79 Å². The van der Waals surface area contributed by atoms with Gasteiger partial charge in [0, 0.05) is 16.8 Å². The third kappa shape index (κ3) is 3.33. The summed E-state index contributed by atoms with van der Waals surface area (Å²) in [6.45, 7) is 0. The molecule has 0 bridgehead atoms. The van der Waals surface area contributed by atoms with Gasteiger partial charge in [-0.15, -0.1) is 0 Å². The van der Waals surface area contributed by atoms with Gasteiger partial charge in [-0.2, -0.15) is 0 Å². The Labute approximate surface area is 147 Å². The van der Waals surface area contributed by atoms with Crippen molar-refractivity contribution >= 4 is 28.3 Å². The number of fused-ring (bicyclic) bond motifs is 2. The van der Waals surface area contributed by atoms with E-state index in [0.717, 1.165) is 53.7 Å². The smallest absolute Gasteiger partial charge is 0.308 e. The van der Waals surface area contributed by atoms with Crippen molar-refractivity contribution in [1.29, 1.82) is 0 Å². The molecule has 0 saturated carbocycles. The van der Waals surface area contributed by atoms with Crippen LogP contribution < -0.4 is 10.6 Å². The molecule has 126 valence electrons. The van der Waals surface area contributed by atoms with Crippen molar-refractivity contribution in [3.05, 3.63) is 65.9 Å². The van der Waals surface area contributed by atoms with Gasteiger partial charge in [-0.3, -0.25) is 4.98 Å². The molecule has 4 rings (SSSR count). The second-order valence-electron chi connectivity index (χ2n) is 6.44. The molecule has 0 unspecified atom stereocenters. The summed E-state index contributed by atoms with van der Waals surface area (Å²) in [5, 5.41) is 7.01. The molecule has 4 nitrogen and oxygen atoms in total. The lowest BCUT2D eigenvalue weighted by molar-refractivity contribution is 0.262. The fourth-order valence-electron chi connectivity index (χ4n) is 3.49. The molecule has 2 amide bonds. The number of nitrogens with zero attached hydrogens (tertiary/aromatic N) is 1. The van der Waals surface area contributed by atoms with Gasteiger partial charge in [0.15, 0.2) is 0 Å². The van der Waals surface area contributed by atoms with Crippen LogP contribution in [0.2, 0.25) is 0 Å². The van der Waals surface area contributed by atoms with Gasteiger partial charge in [0.25, 0.3) is 0 Å². The highest BCUT2D eigenvalue weighted by Crippen LogP contribution is 2.32. The van der Waals surface area contributed by atoms with E-state index in [1.807, 2.05) is 54.6 Å². The van der Waals surface area contributed by atoms with Crippen LogP contribution in [0.3, 0.4) is 0 Å². The van der Waals surface area contributed by atoms with E-state index in [0.29, 0.717) is 0 Å². The second-order valence-corrected chi connectivity index (χ2v) is 6.44. The third-order valence-corrected chi connectivity index (χ3v) is 4.69. The molecule has 0 atom stereocenters. The molecule has 0 aliphatic heterocycles. The number of carbonyl (C=O) groups is 1. The summed E-state index contributed by atoms with van der Waals surface area (Å²) in [6.07, 6.45) is 5.46. The Morgan fingerprint density at radius 3 is 2.48 bits per heavy atom. The predicted octanol–water partition coefficient (Wildman–Crippen LogP) is 5.15. The molecule has 3 aromatic rings. The lowest BCUT2D eigenvalue weighted by Gasteiger charge is -2.17. The SMILES string of the molecule is O=C(Nc1ccccc1)Nc1c2c(nc3ccccc13)CCCCC2. The molecule has 1 aliphatic carbocycles. The zero-order valence-corrected chi connectivity index (χ0v) is 14.1. The molecule has 2 N–H and O–H groups in total. The van der Waals surface area contributed by atoms with Crippen LogP contribution in [0.25, 0.3) is 10.9 Å². The molecule has 0 radical (unpaired) electrons. The van der Waals surface area contributed by atoms with Gasteiger partial charge in [0.2, 0.25) is 0 Å². The van der Waals surface area contributed by atoms with Gasteiger partial charge < -0.3 is 10.6 Å². The minimum Gasteiger partial charge on any atom is -0.308 e. The van der Waals surface area contributed by atoms with Gasteiger partial charge in [-0.05, 0) is 49.4 Å². The first-order valence-corrected chi connectivity index (χ1v) is 8.85. The monoisotopic (exact) mass is 331 g/mol. The number of urea groups is 1. The molecule has 25 heavy (non-hydrogen) atoms. The Morgan fingerprint density at radius 1 is 0.840 bits per heavy atom. The molecule has 0 spiro atoms. The highest BCUT2D eigenvalue weighted by molar-refractivity contribution is 6.06. The summed E-state index contributed by atoms with van der Waals surface area (Å²) in [7, 11) is 0. The van der Waals surface area contributed by atoms with E-state index in [4.69, 9.17) is 4.98 Å². The topological polar surface area (TPSA) is 54.0 Å². The quantitative estimate of drug-likeness (QED) is 0.638. The number of nitrogens with one attached hydrogen (secondary N) is 2. The average Bonchev–Trinajstić information content (AvgIpc) is 2.88. The minimum atomic E-state index is -0.214. The number of aromatic nitrogens is 1. The number of anilines is 2. The Morgan fingerprint density at radius 2 is 1.60 bits per heavy atom. The van der Waals surface area contributed by atoms with Crippen LogP contribution >= 0.6 is 0 Å². The third-order valence-electron chi connectivity index (χ3n) is 4.69. The van der Waals surface area contributed by atoms with Crippen molar-refractivity contribution < 1.29 is 4.79 Å². The maximum absolute atomic E-state index is 12.6. The average molecular weight is 331 g/mol. The molecular formula is C21H21N3O. The van der Waals surface area contributed by atoms with Crippen LogP contribution in [0.15, 0.2) is 54.6 Å². The molecular weight excluding hydrogens is 310 g/mol. The van der Waals surface area contributed by atoms with Crippen molar-refractivity contribution in [2.75, 3.05) is 10.6 Å². The molecule has 0 saturated heterocycles. The number of hydrogen-bond donors (Lipinski definition) is 2. The van der Waals surface area contributed by atoms with E-state index >= 15 is 0 Å². The Kier molecular flexibility index (Phi) is 4.34. The van der Waals surface area contributed by atoms with E-state index in [-0.39, 0.29) is 6.03 Å². The number of pyridine rings is 1. The first-order valence-electron chi connectivity index (χ1n) is 8.85. The van der Waals surface area contributed by atoms with Crippen molar-refractivity contribution in [3.8, 4) is 0 Å². The largest absolute Gasteiger partial charge is 0.323 e. The first kappa shape index (κ1) is 15.6. The van der Waals surface area contributed by atoms with E-state index < -0.39 is 0 Å². The lowest BCUT2D eigenvalue weighted by atomic mass is 10.0. The van der Waals surface area contributed by atoms with Crippen LogP contribution in [0.5, 0.6) is 0 Å². The first-order chi connectivity index (χ1) is 12.3. The highest BCUT2D eigenvalue weighted by atomic mass is 16.2. The molecule has 1 heterocycles. The number of amides is 2. The molecule has 2 aromatic carbocycles. The molecule has 1 aliphatic rings. The van der Waals surface area contributed by atoms with Crippen molar-refractivity contribution in [2.24, 2.45) is 0 Å². The maximum atomic E-state index is 12.6. The predicted molar refractivity (Wildman–Crippen MR) is 102 cm³/mol. The summed E-state index contributed by atoms with van der Waals surface area (Å²) < 4.78 is 0. The zero-order chi connectivity index (χ0) is 17.1. The maximum Gasteiger partial charge on any atom is 0.323 e. The Bertz CT molecular complexity index is 906. The van der Waals surface area contributed by atoms with E-state index in [1.54, 1.807) is 0 Å². The Hall–Kier alpha value is -2.88. The van der Waals surface area contributed by atoms with Crippen LogP contribution in [0.4, 0.5) is 16.2 Å². The van der Waals surface area contributed by atoms with Crippen LogP contribution in [0.1, 0.15) is 30.5 Å². The Balaban J connectivity index is 1.72. The number of rotatable bonds is 2. The number of hydrogen-bond acceptors (Lipinski definition) is 2. The normalized spacial score (nSPS) is 13.8. The van der Waals surface area contributed by atoms with Crippen molar-refractivity contribution in [1.82, 2.24) is 4.98 Å². The number of carbonyl (C=O) groups excluding carboxylic acids is 1. The van der Waals surface area contributed by atoms with Crippen molar-refractivity contribution in [3.63, 3.8) is 0 Å². The molecule has 4 heteroatoms. The summed E-state index contributed by atoms with van der Waals surface area (Å²) in [5.74, 6) is 0. The fraction of sp³-hybridized carbons (Fsp3) is 0.238. The van der Waals surface area contributed by atoms with Gasteiger partial charge in [0.05, 0.1) is 11.2 Å². The molecule has 0 fully saturated rings. The van der Waals surface area contributed by atoms with Crippen molar-refractivity contribution in [2.45, 2.75) is 32.1 Å². The molecule has 1 aromatic heterocycles. The number of aryl methyl sites for hydroxylation is 1. The van der Waals surface area contributed by atoms with Gasteiger partial charge in [-0.25, -0.2) is 4.79 Å². The lowest BCUT2D eigenvalue weighted by Crippen LogP contribution is -2.21. The van der Waals surface area contributed by atoms with E-state index in [2.05, 4.69) is 10.6 Å². The minimum absolute atomic E-state index is 0.214. The summed E-state index contributed by atoms with van der Waals surface area (Å²) in [4.78, 5) is 17.4. The summed E-state index contributed by atoms with van der Waals surface area (Å²) in [5.41, 5.74) is 4.96. The van der Waals surface area contributed by atoms with Gasteiger partial charge in [0.1, 0.15) is 0 Å². The number of benzene rings is 2. The summed E-state index contributed by atoms with van der Waals surface area (Å²) in [6, 6.07) is 17.3. The van der Waals surface area contributed by atoms with Crippen LogP contribution in [-0.4, -0.2) is 11.0 Å². The van der Waals surface area contributed by atoms with Crippen LogP contribution in [0, 0.1) is 0 Å². The van der Waals surface area contributed by atoms with Gasteiger partial charge >= 0.3 is 6.03 Å². The zero-order valence-electron chi connectivity index (χ0n) is 14.1. The highest BCUT2D eigenvalue weighted by Gasteiger charge is 2.18. The van der Waals surface area contributed by atoms with Gasteiger partial charge in [-0.1, -0.05) is 42.8 Å². The van der Waals surface area contributed by atoms with Crippen LogP contribution in [-0.2, 0) is 12.8 Å². The summed E-state index contributed by atoms with van der Waals surface area (Å²) >= 11 is 0.